The predicted molar refractivity (Wildman–Crippen MR) is 94.2 cm³/mol. The van der Waals surface area contributed by atoms with E-state index in [1.165, 1.54) is 16.9 Å². The van der Waals surface area contributed by atoms with Gasteiger partial charge >= 0.3 is 0 Å². The Balaban J connectivity index is 1.49. The molecule has 0 radical (unpaired) electrons. The molecular formula is C16H26N6S. The molecule has 1 aliphatic heterocycles. The summed E-state index contributed by atoms with van der Waals surface area (Å²) >= 11 is 1.60. The molecule has 0 aliphatic carbocycles. The van der Waals surface area contributed by atoms with Crippen molar-refractivity contribution in [2.75, 3.05) is 31.9 Å². The molecule has 3 rings (SSSR count). The summed E-state index contributed by atoms with van der Waals surface area (Å²) in [5, 5.41) is 5.10. The molecule has 0 bridgehead atoms. The van der Waals surface area contributed by atoms with Crippen molar-refractivity contribution in [3.05, 3.63) is 29.0 Å². The molecule has 0 amide bonds. The average Bonchev–Trinajstić information content (AvgIpc) is 3.07. The number of aryl methyl sites for hydroxylation is 1. The van der Waals surface area contributed by atoms with E-state index in [4.69, 9.17) is 5.73 Å². The molecule has 0 atom stereocenters. The number of hydrogen-bond donors (Lipinski definition) is 1. The first-order chi connectivity index (χ1) is 11.2. The Labute approximate surface area is 141 Å². The maximum atomic E-state index is 5.72. The first-order valence-electron chi connectivity index (χ1n) is 8.39. The van der Waals surface area contributed by atoms with Crippen LogP contribution in [0, 0.1) is 0 Å². The standard InChI is InChI=1S/C16H26N6S/c1-2-4-22-12-14(9-19-22)11-20-5-3-6-21(8-7-20)13-15-10-18-16(17)23-15/h9-10,12H,2-8,11,13H2,1H3,(H2,17,18). The van der Waals surface area contributed by atoms with Gasteiger partial charge < -0.3 is 5.73 Å². The van der Waals surface area contributed by atoms with E-state index < -0.39 is 0 Å². The molecule has 0 aromatic carbocycles. The van der Waals surface area contributed by atoms with Gasteiger partial charge in [-0.15, -0.1) is 11.3 Å². The van der Waals surface area contributed by atoms with E-state index in [1.54, 1.807) is 11.3 Å². The van der Waals surface area contributed by atoms with Crippen LogP contribution in [0.3, 0.4) is 0 Å². The highest BCUT2D eigenvalue weighted by Gasteiger charge is 2.16. The molecule has 0 unspecified atom stereocenters. The van der Waals surface area contributed by atoms with Gasteiger partial charge in [-0.2, -0.15) is 5.10 Å². The third-order valence-corrected chi connectivity index (χ3v) is 4.99. The number of hydrogen-bond acceptors (Lipinski definition) is 6. The normalized spacial score (nSPS) is 17.4. The summed E-state index contributed by atoms with van der Waals surface area (Å²) in [5.74, 6) is 0. The van der Waals surface area contributed by atoms with Gasteiger partial charge in [0.05, 0.1) is 6.20 Å². The Kier molecular flexibility index (Phi) is 5.64. The average molecular weight is 334 g/mol. The van der Waals surface area contributed by atoms with E-state index >= 15 is 0 Å². The number of anilines is 1. The molecule has 1 fully saturated rings. The fourth-order valence-corrected chi connectivity index (χ4v) is 3.78. The second-order valence-corrected chi connectivity index (χ2v) is 7.33. The quantitative estimate of drug-likeness (QED) is 0.876. The monoisotopic (exact) mass is 334 g/mol. The molecule has 23 heavy (non-hydrogen) atoms. The lowest BCUT2D eigenvalue weighted by Gasteiger charge is -2.20. The summed E-state index contributed by atoms with van der Waals surface area (Å²) in [6.45, 7) is 9.66. The summed E-state index contributed by atoms with van der Waals surface area (Å²) in [7, 11) is 0. The van der Waals surface area contributed by atoms with Gasteiger partial charge in [-0.05, 0) is 25.9 Å². The van der Waals surface area contributed by atoms with Crippen LogP contribution in [-0.4, -0.2) is 50.7 Å². The maximum Gasteiger partial charge on any atom is 0.180 e. The number of aromatic nitrogens is 3. The fourth-order valence-electron chi connectivity index (χ4n) is 3.05. The smallest absolute Gasteiger partial charge is 0.180 e. The minimum atomic E-state index is 0.667. The van der Waals surface area contributed by atoms with Crippen LogP contribution in [0.1, 0.15) is 30.2 Å². The summed E-state index contributed by atoms with van der Waals surface area (Å²) in [6, 6.07) is 0. The fraction of sp³-hybridized carbons (Fsp3) is 0.625. The van der Waals surface area contributed by atoms with Gasteiger partial charge in [0, 0.05) is 55.6 Å². The van der Waals surface area contributed by atoms with E-state index in [2.05, 4.69) is 33.0 Å². The van der Waals surface area contributed by atoms with Crippen molar-refractivity contribution in [2.45, 2.75) is 39.4 Å². The molecule has 3 heterocycles. The molecule has 2 N–H and O–H groups in total. The van der Waals surface area contributed by atoms with Crippen molar-refractivity contribution in [1.82, 2.24) is 24.6 Å². The Bertz CT molecular complexity index is 607. The second-order valence-electron chi connectivity index (χ2n) is 6.18. The van der Waals surface area contributed by atoms with Crippen LogP contribution in [0.4, 0.5) is 5.13 Å². The summed E-state index contributed by atoms with van der Waals surface area (Å²) in [4.78, 5) is 10.4. The van der Waals surface area contributed by atoms with E-state index in [-0.39, 0.29) is 0 Å². The molecule has 2 aromatic rings. The van der Waals surface area contributed by atoms with E-state index in [0.717, 1.165) is 52.2 Å². The predicted octanol–water partition coefficient (Wildman–Crippen LogP) is 2.04. The van der Waals surface area contributed by atoms with Gasteiger partial charge in [0.15, 0.2) is 5.13 Å². The molecule has 6 nitrogen and oxygen atoms in total. The van der Waals surface area contributed by atoms with Crippen LogP contribution in [-0.2, 0) is 19.6 Å². The van der Waals surface area contributed by atoms with Crippen molar-refractivity contribution in [3.63, 3.8) is 0 Å². The van der Waals surface area contributed by atoms with E-state index in [1.807, 2.05) is 17.1 Å². The number of nitrogen functional groups attached to an aromatic ring is 1. The number of nitrogens with two attached hydrogens (primary N) is 1. The summed E-state index contributed by atoms with van der Waals surface area (Å²) in [5.41, 5.74) is 7.04. The Morgan fingerprint density at radius 2 is 1.91 bits per heavy atom. The zero-order valence-corrected chi connectivity index (χ0v) is 14.6. The van der Waals surface area contributed by atoms with Gasteiger partial charge in [-0.1, -0.05) is 6.92 Å². The largest absolute Gasteiger partial charge is 0.375 e. The highest BCUT2D eigenvalue weighted by Crippen LogP contribution is 2.18. The summed E-state index contributed by atoms with van der Waals surface area (Å²) in [6.07, 6.45) is 8.44. The lowest BCUT2D eigenvalue weighted by atomic mass is 10.3. The van der Waals surface area contributed by atoms with Crippen LogP contribution in [0.15, 0.2) is 18.6 Å². The Morgan fingerprint density at radius 3 is 2.61 bits per heavy atom. The van der Waals surface area contributed by atoms with E-state index in [0.29, 0.717) is 5.13 Å². The van der Waals surface area contributed by atoms with Crippen molar-refractivity contribution < 1.29 is 0 Å². The second kappa shape index (κ2) is 7.90. The molecule has 1 saturated heterocycles. The Morgan fingerprint density at radius 1 is 1.13 bits per heavy atom. The van der Waals surface area contributed by atoms with Gasteiger partial charge in [0.25, 0.3) is 0 Å². The van der Waals surface area contributed by atoms with Gasteiger partial charge in [0.1, 0.15) is 0 Å². The topological polar surface area (TPSA) is 63.2 Å². The highest BCUT2D eigenvalue weighted by atomic mass is 32.1. The molecule has 1 aliphatic rings. The summed E-state index contributed by atoms with van der Waals surface area (Å²) < 4.78 is 2.05. The SMILES string of the molecule is CCCn1cc(CN2CCCN(Cc3cnc(N)s3)CC2)cn1. The van der Waals surface area contributed by atoms with Crippen molar-refractivity contribution in [3.8, 4) is 0 Å². The zero-order valence-electron chi connectivity index (χ0n) is 13.8. The zero-order chi connectivity index (χ0) is 16.1. The van der Waals surface area contributed by atoms with E-state index in [9.17, 15) is 0 Å². The molecule has 7 heteroatoms. The minimum Gasteiger partial charge on any atom is -0.375 e. The number of nitrogens with zero attached hydrogens (tertiary/aromatic N) is 5. The van der Waals surface area contributed by atoms with Gasteiger partial charge in [0.2, 0.25) is 0 Å². The van der Waals surface area contributed by atoms with Crippen LogP contribution in [0.2, 0.25) is 0 Å². The van der Waals surface area contributed by atoms with Crippen LogP contribution >= 0.6 is 11.3 Å². The molecule has 0 spiro atoms. The van der Waals surface area contributed by atoms with Crippen LogP contribution in [0.25, 0.3) is 0 Å². The molecule has 0 saturated carbocycles. The maximum absolute atomic E-state index is 5.72. The van der Waals surface area contributed by atoms with Gasteiger partial charge in [-0.3, -0.25) is 14.5 Å². The number of thiazole rings is 1. The van der Waals surface area contributed by atoms with Gasteiger partial charge in [-0.25, -0.2) is 4.98 Å². The molecular weight excluding hydrogens is 308 g/mol. The third kappa shape index (κ3) is 4.76. The lowest BCUT2D eigenvalue weighted by molar-refractivity contribution is 0.248. The number of rotatable bonds is 6. The van der Waals surface area contributed by atoms with Crippen molar-refractivity contribution in [1.29, 1.82) is 0 Å². The third-order valence-electron chi connectivity index (χ3n) is 4.18. The van der Waals surface area contributed by atoms with Crippen molar-refractivity contribution >= 4 is 16.5 Å². The van der Waals surface area contributed by atoms with Crippen LogP contribution < -0.4 is 5.73 Å². The molecule has 126 valence electrons. The van der Waals surface area contributed by atoms with Crippen molar-refractivity contribution in [2.24, 2.45) is 0 Å². The van der Waals surface area contributed by atoms with Crippen LogP contribution in [0.5, 0.6) is 0 Å². The first-order valence-corrected chi connectivity index (χ1v) is 9.21. The highest BCUT2D eigenvalue weighted by molar-refractivity contribution is 7.15. The molecule has 2 aromatic heterocycles. The Hall–Kier alpha value is -1.44. The minimum absolute atomic E-state index is 0.667. The first kappa shape index (κ1) is 16.4. The lowest BCUT2D eigenvalue weighted by Crippen LogP contribution is -2.30.